The Labute approximate surface area is 187 Å². The van der Waals surface area contributed by atoms with Gasteiger partial charge in [-0.2, -0.15) is 0 Å². The van der Waals surface area contributed by atoms with E-state index in [2.05, 4.69) is 20.1 Å². The first kappa shape index (κ1) is 20.4. The summed E-state index contributed by atoms with van der Waals surface area (Å²) in [5, 5.41) is 11.8. The van der Waals surface area contributed by atoms with Gasteiger partial charge in [0.05, 0.1) is 6.04 Å². The van der Waals surface area contributed by atoms with Crippen LogP contribution in [0.5, 0.6) is 0 Å². The molecule has 3 heterocycles. The molecule has 2 amide bonds. The second-order valence-electron chi connectivity index (χ2n) is 8.49. The number of rotatable bonds is 4. The van der Waals surface area contributed by atoms with Gasteiger partial charge in [-0.05, 0) is 62.1 Å². The van der Waals surface area contributed by atoms with Gasteiger partial charge >= 0.3 is 0 Å². The van der Waals surface area contributed by atoms with E-state index in [0.717, 1.165) is 56.8 Å². The summed E-state index contributed by atoms with van der Waals surface area (Å²) in [7, 11) is 0. The highest BCUT2D eigenvalue weighted by atomic mass is 16.2. The number of carbonyl (C=O) groups is 2. The number of anilines is 1. The highest BCUT2D eigenvalue weighted by Gasteiger charge is 2.34. The summed E-state index contributed by atoms with van der Waals surface area (Å²) in [6.45, 7) is 1.66. The lowest BCUT2D eigenvalue weighted by atomic mass is 10.1. The zero-order chi connectivity index (χ0) is 21.9. The van der Waals surface area contributed by atoms with Crippen LogP contribution in [0.1, 0.15) is 70.5 Å². The van der Waals surface area contributed by atoms with Crippen LogP contribution in [-0.2, 0) is 13.0 Å². The van der Waals surface area contributed by atoms with Gasteiger partial charge in [0.2, 0.25) is 0 Å². The molecule has 164 valence electrons. The summed E-state index contributed by atoms with van der Waals surface area (Å²) in [5.74, 6) is 1.81. The SMILES string of the molecule is O=C(Nc1ccc(C(=O)N2CCCC2c2nnc3n2CCCCC3)cc1)c1ccccc1. The van der Waals surface area contributed by atoms with Gasteiger partial charge in [-0.3, -0.25) is 9.59 Å². The molecule has 1 unspecified atom stereocenters. The molecule has 0 saturated carbocycles. The first-order chi connectivity index (χ1) is 15.7. The van der Waals surface area contributed by atoms with Gasteiger partial charge in [0.1, 0.15) is 5.82 Å². The number of hydrogen-bond donors (Lipinski definition) is 1. The number of likely N-dealkylation sites (tertiary alicyclic amines) is 1. The Morgan fingerprint density at radius 1 is 0.844 bits per heavy atom. The molecule has 1 atom stereocenters. The quantitative estimate of drug-likeness (QED) is 0.673. The molecule has 5 rings (SSSR count). The van der Waals surface area contributed by atoms with Crippen LogP contribution in [0.25, 0.3) is 0 Å². The number of amides is 2. The van der Waals surface area contributed by atoms with E-state index < -0.39 is 0 Å². The molecule has 2 aromatic carbocycles. The second-order valence-corrected chi connectivity index (χ2v) is 8.49. The van der Waals surface area contributed by atoms with Crippen molar-refractivity contribution >= 4 is 17.5 Å². The van der Waals surface area contributed by atoms with E-state index in [0.29, 0.717) is 16.8 Å². The van der Waals surface area contributed by atoms with Crippen LogP contribution < -0.4 is 5.32 Å². The van der Waals surface area contributed by atoms with Gasteiger partial charge in [-0.25, -0.2) is 0 Å². The van der Waals surface area contributed by atoms with E-state index in [4.69, 9.17) is 0 Å². The van der Waals surface area contributed by atoms with Crippen LogP contribution in [0, 0.1) is 0 Å². The summed E-state index contributed by atoms with van der Waals surface area (Å²) < 4.78 is 2.24. The first-order valence-corrected chi connectivity index (χ1v) is 11.4. The van der Waals surface area contributed by atoms with Crippen molar-refractivity contribution in [3.8, 4) is 0 Å². The first-order valence-electron chi connectivity index (χ1n) is 11.4. The molecule has 3 aromatic rings. The third-order valence-electron chi connectivity index (χ3n) is 6.38. The Hall–Kier alpha value is -3.48. The number of hydrogen-bond acceptors (Lipinski definition) is 4. The molecule has 1 fully saturated rings. The third-order valence-corrected chi connectivity index (χ3v) is 6.38. The van der Waals surface area contributed by atoms with Crippen LogP contribution in [-0.4, -0.2) is 38.0 Å². The Kier molecular flexibility index (Phi) is 5.71. The molecular formula is C25H27N5O2. The predicted octanol–water partition coefficient (Wildman–Crippen LogP) is 4.23. The fourth-order valence-corrected chi connectivity index (χ4v) is 4.69. The van der Waals surface area contributed by atoms with E-state index in [1.165, 1.54) is 6.42 Å². The molecule has 7 heteroatoms. The van der Waals surface area contributed by atoms with E-state index >= 15 is 0 Å². The Bertz CT molecular complexity index is 1110. The van der Waals surface area contributed by atoms with Crippen molar-refractivity contribution in [1.82, 2.24) is 19.7 Å². The summed E-state index contributed by atoms with van der Waals surface area (Å²) in [6.07, 6.45) is 6.33. The molecule has 7 nitrogen and oxygen atoms in total. The molecule has 2 aliphatic rings. The molecule has 32 heavy (non-hydrogen) atoms. The Balaban J connectivity index is 1.31. The largest absolute Gasteiger partial charge is 0.328 e. The van der Waals surface area contributed by atoms with Crippen LogP contribution >= 0.6 is 0 Å². The summed E-state index contributed by atoms with van der Waals surface area (Å²) in [6, 6.07) is 16.2. The van der Waals surface area contributed by atoms with Gasteiger partial charge in [-0.1, -0.05) is 24.6 Å². The number of aryl methyl sites for hydroxylation is 1. The maximum absolute atomic E-state index is 13.3. The number of carbonyl (C=O) groups excluding carboxylic acids is 2. The lowest BCUT2D eigenvalue weighted by Crippen LogP contribution is -2.32. The van der Waals surface area contributed by atoms with Crippen LogP contribution in [0.2, 0.25) is 0 Å². The molecule has 0 radical (unpaired) electrons. The van der Waals surface area contributed by atoms with E-state index in [9.17, 15) is 9.59 Å². The predicted molar refractivity (Wildman–Crippen MR) is 121 cm³/mol. The van der Waals surface area contributed by atoms with E-state index in [1.54, 1.807) is 36.4 Å². The normalized spacial score (nSPS) is 18.1. The van der Waals surface area contributed by atoms with Crippen LogP contribution in [0.3, 0.4) is 0 Å². The maximum Gasteiger partial charge on any atom is 0.255 e. The van der Waals surface area contributed by atoms with Crippen molar-refractivity contribution in [1.29, 1.82) is 0 Å². The number of nitrogens with one attached hydrogen (secondary N) is 1. The standard InChI is InChI=1S/C25H27N5O2/c31-24(18-8-3-1-4-9-18)26-20-14-12-19(13-15-20)25(32)29-17-7-10-21(29)23-28-27-22-11-5-2-6-16-30(22)23/h1,3-4,8-9,12-15,21H,2,5-7,10-11,16-17H2,(H,26,31). The fourth-order valence-electron chi connectivity index (χ4n) is 4.69. The highest BCUT2D eigenvalue weighted by molar-refractivity contribution is 6.04. The molecule has 2 aliphatic heterocycles. The van der Waals surface area contributed by atoms with Crippen LogP contribution in [0.15, 0.2) is 54.6 Å². The van der Waals surface area contributed by atoms with Gasteiger partial charge < -0.3 is 14.8 Å². The van der Waals surface area contributed by atoms with Crippen molar-refractivity contribution in [3.05, 3.63) is 77.4 Å². The number of nitrogens with zero attached hydrogens (tertiary/aromatic N) is 4. The topological polar surface area (TPSA) is 80.1 Å². The lowest BCUT2D eigenvalue weighted by molar-refractivity contribution is 0.0727. The lowest BCUT2D eigenvalue weighted by Gasteiger charge is -2.25. The summed E-state index contributed by atoms with van der Waals surface area (Å²) in [5.41, 5.74) is 1.88. The summed E-state index contributed by atoms with van der Waals surface area (Å²) >= 11 is 0. The van der Waals surface area contributed by atoms with E-state index in [1.807, 2.05) is 23.1 Å². The minimum absolute atomic E-state index is 0.000548. The number of aromatic nitrogens is 3. The smallest absolute Gasteiger partial charge is 0.255 e. The zero-order valence-corrected chi connectivity index (χ0v) is 18.0. The van der Waals surface area contributed by atoms with Crippen molar-refractivity contribution in [2.24, 2.45) is 0 Å². The van der Waals surface area contributed by atoms with Gasteiger partial charge in [0.15, 0.2) is 5.82 Å². The molecule has 1 aromatic heterocycles. The minimum Gasteiger partial charge on any atom is -0.328 e. The highest BCUT2D eigenvalue weighted by Crippen LogP contribution is 2.33. The second kappa shape index (κ2) is 8.94. The number of fused-ring (bicyclic) bond motifs is 1. The van der Waals surface area contributed by atoms with Crippen molar-refractivity contribution in [2.75, 3.05) is 11.9 Å². The average Bonchev–Trinajstić information content (AvgIpc) is 3.40. The minimum atomic E-state index is -0.170. The molecule has 0 aliphatic carbocycles. The van der Waals surface area contributed by atoms with Gasteiger partial charge in [0.25, 0.3) is 11.8 Å². The van der Waals surface area contributed by atoms with Crippen molar-refractivity contribution < 1.29 is 9.59 Å². The summed E-state index contributed by atoms with van der Waals surface area (Å²) in [4.78, 5) is 27.6. The third kappa shape index (κ3) is 4.02. The van der Waals surface area contributed by atoms with Gasteiger partial charge in [0, 0.05) is 36.3 Å². The average molecular weight is 430 g/mol. The molecule has 1 saturated heterocycles. The van der Waals surface area contributed by atoms with Crippen LogP contribution in [0.4, 0.5) is 5.69 Å². The Morgan fingerprint density at radius 2 is 1.66 bits per heavy atom. The molecule has 0 bridgehead atoms. The zero-order valence-electron chi connectivity index (χ0n) is 18.0. The maximum atomic E-state index is 13.3. The molecule has 1 N–H and O–H groups in total. The van der Waals surface area contributed by atoms with Crippen molar-refractivity contribution in [3.63, 3.8) is 0 Å². The molecule has 0 spiro atoms. The van der Waals surface area contributed by atoms with Gasteiger partial charge in [-0.15, -0.1) is 10.2 Å². The van der Waals surface area contributed by atoms with Crippen molar-refractivity contribution in [2.45, 2.75) is 51.1 Å². The monoisotopic (exact) mass is 429 g/mol. The van der Waals surface area contributed by atoms with E-state index in [-0.39, 0.29) is 17.9 Å². The molecular weight excluding hydrogens is 402 g/mol. The Morgan fingerprint density at radius 3 is 2.47 bits per heavy atom. The fraction of sp³-hybridized carbons (Fsp3) is 0.360. The number of benzene rings is 2.